The number of imidazole rings is 1. The van der Waals surface area contributed by atoms with Gasteiger partial charge in [-0.25, -0.2) is 4.98 Å². The van der Waals surface area contributed by atoms with Gasteiger partial charge >= 0.3 is 0 Å². The maximum atomic E-state index is 13.1. The van der Waals surface area contributed by atoms with Crippen molar-refractivity contribution in [1.29, 1.82) is 0 Å². The van der Waals surface area contributed by atoms with Crippen molar-refractivity contribution < 1.29 is 19.4 Å². The number of amides is 1. The Morgan fingerprint density at radius 3 is 2.53 bits per heavy atom. The molecule has 3 aromatic rings. The summed E-state index contributed by atoms with van der Waals surface area (Å²) in [6.45, 7) is 4.50. The zero-order chi connectivity index (χ0) is 22.8. The van der Waals surface area contributed by atoms with Crippen LogP contribution < -0.4 is 4.74 Å². The number of nitrogens with one attached hydrogen (secondary N) is 1. The van der Waals surface area contributed by atoms with Crippen LogP contribution >= 0.6 is 0 Å². The smallest absolute Gasteiger partial charge is 0.295 e. The molecule has 0 aliphatic carbocycles. The molecule has 3 heterocycles. The second kappa shape index (κ2) is 8.70. The van der Waals surface area contributed by atoms with Gasteiger partial charge in [-0.15, -0.1) is 0 Å². The monoisotopic (exact) mass is 435 g/mol. The Morgan fingerprint density at radius 2 is 1.94 bits per heavy atom. The number of likely N-dealkylation sites (tertiary alicyclic amines) is 1. The van der Waals surface area contributed by atoms with Crippen molar-refractivity contribution in [2.45, 2.75) is 32.9 Å². The van der Waals surface area contributed by atoms with E-state index in [4.69, 9.17) is 4.74 Å². The first-order chi connectivity index (χ1) is 15.4. The SMILES string of the molecule is COc1ccc([C@H]2/C(=C(\O)c3c(C)n[nH]c3C)C(=O)C(=O)N2CCCn2ccnc2)cc1. The van der Waals surface area contributed by atoms with Crippen LogP contribution in [0.2, 0.25) is 0 Å². The number of ketones is 1. The fourth-order valence-corrected chi connectivity index (χ4v) is 4.12. The van der Waals surface area contributed by atoms with Gasteiger partial charge in [-0.1, -0.05) is 12.1 Å². The van der Waals surface area contributed by atoms with Crippen LogP contribution in [0.4, 0.5) is 0 Å². The number of benzene rings is 1. The van der Waals surface area contributed by atoms with E-state index in [1.165, 1.54) is 4.90 Å². The summed E-state index contributed by atoms with van der Waals surface area (Å²) in [7, 11) is 1.57. The summed E-state index contributed by atoms with van der Waals surface area (Å²) < 4.78 is 7.16. The Balaban J connectivity index is 1.75. The number of nitrogens with zero attached hydrogens (tertiary/aromatic N) is 4. The third-order valence-electron chi connectivity index (χ3n) is 5.71. The van der Waals surface area contributed by atoms with Gasteiger partial charge in [-0.2, -0.15) is 5.10 Å². The van der Waals surface area contributed by atoms with Crippen LogP contribution in [-0.4, -0.2) is 55.1 Å². The first-order valence-corrected chi connectivity index (χ1v) is 10.3. The highest BCUT2D eigenvalue weighted by Gasteiger charge is 2.46. The number of methoxy groups -OCH3 is 1. The molecule has 32 heavy (non-hydrogen) atoms. The summed E-state index contributed by atoms with van der Waals surface area (Å²) in [5.41, 5.74) is 2.41. The maximum Gasteiger partial charge on any atom is 0.295 e. The van der Waals surface area contributed by atoms with Crippen molar-refractivity contribution in [1.82, 2.24) is 24.6 Å². The summed E-state index contributed by atoms with van der Waals surface area (Å²) in [4.78, 5) is 31.7. The third-order valence-corrected chi connectivity index (χ3v) is 5.71. The molecule has 1 atom stereocenters. The van der Waals surface area contributed by atoms with Gasteiger partial charge in [0.15, 0.2) is 0 Å². The number of aryl methyl sites for hydroxylation is 3. The van der Waals surface area contributed by atoms with Gasteiger partial charge in [0.25, 0.3) is 11.7 Å². The number of carbonyl (C=O) groups excluding carboxylic acids is 2. The minimum Gasteiger partial charge on any atom is -0.507 e. The van der Waals surface area contributed by atoms with Gasteiger partial charge in [0.05, 0.1) is 36.3 Å². The Labute approximate surface area is 185 Å². The second-order valence-corrected chi connectivity index (χ2v) is 7.73. The van der Waals surface area contributed by atoms with E-state index in [1.807, 2.05) is 10.8 Å². The van der Waals surface area contributed by atoms with E-state index >= 15 is 0 Å². The first kappa shape index (κ1) is 21.4. The van der Waals surface area contributed by atoms with Crippen LogP contribution in [0.1, 0.15) is 35.0 Å². The lowest BCUT2D eigenvalue weighted by molar-refractivity contribution is -0.139. The van der Waals surface area contributed by atoms with Crippen molar-refractivity contribution in [3.05, 3.63) is 71.1 Å². The van der Waals surface area contributed by atoms with Gasteiger partial charge in [-0.3, -0.25) is 14.7 Å². The first-order valence-electron chi connectivity index (χ1n) is 10.3. The molecule has 9 nitrogen and oxygen atoms in total. The van der Waals surface area contributed by atoms with Crippen LogP contribution in [0, 0.1) is 13.8 Å². The predicted octanol–water partition coefficient (Wildman–Crippen LogP) is 2.74. The summed E-state index contributed by atoms with van der Waals surface area (Å²) >= 11 is 0. The number of aliphatic hydroxyl groups excluding tert-OH is 1. The molecule has 166 valence electrons. The molecule has 2 aromatic heterocycles. The number of aromatic nitrogens is 4. The quantitative estimate of drug-likeness (QED) is 0.335. The molecule has 0 saturated carbocycles. The lowest BCUT2D eigenvalue weighted by Gasteiger charge is -2.25. The van der Waals surface area contributed by atoms with E-state index in [9.17, 15) is 14.7 Å². The van der Waals surface area contributed by atoms with Gasteiger partial charge in [0.2, 0.25) is 0 Å². The summed E-state index contributed by atoms with van der Waals surface area (Å²) in [5.74, 6) is -0.889. The molecule has 1 aliphatic rings. The number of hydrogen-bond acceptors (Lipinski definition) is 6. The van der Waals surface area contributed by atoms with Crippen LogP contribution in [0.15, 0.2) is 48.6 Å². The zero-order valence-electron chi connectivity index (χ0n) is 18.2. The van der Waals surface area contributed by atoms with Gasteiger partial charge in [0, 0.05) is 31.2 Å². The second-order valence-electron chi connectivity index (χ2n) is 7.73. The zero-order valence-corrected chi connectivity index (χ0v) is 18.2. The van der Waals surface area contributed by atoms with Crippen LogP contribution in [0.3, 0.4) is 0 Å². The summed E-state index contributed by atoms with van der Waals surface area (Å²) in [6.07, 6.45) is 5.87. The van der Waals surface area contributed by atoms with E-state index in [2.05, 4.69) is 15.2 Å². The molecule has 4 rings (SSSR count). The molecule has 0 unspecified atom stereocenters. The Hall–Kier alpha value is -3.88. The van der Waals surface area contributed by atoms with E-state index in [0.717, 1.165) is 0 Å². The summed E-state index contributed by atoms with van der Waals surface area (Å²) in [6, 6.07) is 6.45. The minimum atomic E-state index is -0.711. The highest BCUT2D eigenvalue weighted by molar-refractivity contribution is 6.46. The fraction of sp³-hybridized carbons (Fsp3) is 0.304. The van der Waals surface area contributed by atoms with E-state index in [-0.39, 0.29) is 11.3 Å². The van der Waals surface area contributed by atoms with E-state index < -0.39 is 17.7 Å². The molecule has 0 bridgehead atoms. The highest BCUT2D eigenvalue weighted by Crippen LogP contribution is 2.40. The average Bonchev–Trinajstić information content (AvgIpc) is 3.49. The van der Waals surface area contributed by atoms with Crippen molar-refractivity contribution in [2.75, 3.05) is 13.7 Å². The van der Waals surface area contributed by atoms with Crippen LogP contribution in [0.25, 0.3) is 5.76 Å². The third kappa shape index (κ3) is 3.77. The lowest BCUT2D eigenvalue weighted by Crippen LogP contribution is -2.31. The highest BCUT2D eigenvalue weighted by atomic mass is 16.5. The molecule has 1 aliphatic heterocycles. The van der Waals surface area contributed by atoms with Crippen LogP contribution in [0.5, 0.6) is 5.75 Å². The Kier molecular flexibility index (Phi) is 5.81. The Morgan fingerprint density at radius 1 is 1.19 bits per heavy atom. The number of Topliss-reactive ketones (excluding diaryl/α,β-unsaturated/α-hetero) is 1. The predicted molar refractivity (Wildman–Crippen MR) is 117 cm³/mol. The molecular weight excluding hydrogens is 410 g/mol. The largest absolute Gasteiger partial charge is 0.507 e. The Bertz CT molecular complexity index is 1140. The van der Waals surface area contributed by atoms with Crippen molar-refractivity contribution in [2.24, 2.45) is 0 Å². The average molecular weight is 435 g/mol. The number of aromatic amines is 1. The maximum absolute atomic E-state index is 13.1. The van der Waals surface area contributed by atoms with E-state index in [0.29, 0.717) is 47.8 Å². The molecule has 1 amide bonds. The molecule has 1 saturated heterocycles. The molecule has 1 aromatic carbocycles. The molecule has 9 heteroatoms. The fourth-order valence-electron chi connectivity index (χ4n) is 4.12. The van der Waals surface area contributed by atoms with Crippen molar-refractivity contribution in [3.63, 3.8) is 0 Å². The standard InChI is InChI=1S/C23H25N5O4/c1-14-18(15(2)26-25-14)21(29)19-20(16-5-7-17(32-3)8-6-16)28(23(31)22(19)30)11-4-10-27-12-9-24-13-27/h5-9,12-13,20,29H,4,10-11H2,1-3H3,(H,25,26)/b21-19+/t20-/m0/s1. The van der Waals surface area contributed by atoms with Crippen molar-refractivity contribution in [3.8, 4) is 5.75 Å². The van der Waals surface area contributed by atoms with Crippen molar-refractivity contribution >= 4 is 17.4 Å². The number of rotatable bonds is 7. The molecular formula is C23H25N5O4. The number of H-pyrrole nitrogens is 1. The number of ether oxygens (including phenoxy) is 1. The minimum absolute atomic E-state index is 0.0652. The summed E-state index contributed by atoms with van der Waals surface area (Å²) in [5, 5.41) is 18.1. The molecule has 1 fully saturated rings. The number of carbonyl (C=O) groups is 2. The number of hydrogen-bond donors (Lipinski definition) is 2. The van der Waals surface area contributed by atoms with Gasteiger partial charge < -0.3 is 19.3 Å². The molecule has 0 spiro atoms. The van der Waals surface area contributed by atoms with Gasteiger partial charge in [0.1, 0.15) is 11.5 Å². The molecule has 0 radical (unpaired) electrons. The van der Waals surface area contributed by atoms with E-state index in [1.54, 1.807) is 57.7 Å². The van der Waals surface area contributed by atoms with Crippen LogP contribution in [-0.2, 0) is 16.1 Å². The van der Waals surface area contributed by atoms with Gasteiger partial charge in [-0.05, 0) is 38.0 Å². The lowest BCUT2D eigenvalue weighted by atomic mass is 9.94. The molecule has 2 N–H and O–H groups in total. The number of aliphatic hydroxyl groups is 1. The topological polar surface area (TPSA) is 113 Å². The normalized spacial score (nSPS) is 17.8.